The Bertz CT molecular complexity index is 1130. The van der Waals surface area contributed by atoms with E-state index in [1.54, 1.807) is 36.4 Å². The molecule has 0 unspecified atom stereocenters. The molecule has 166 valence electrons. The molecule has 0 spiro atoms. The van der Waals surface area contributed by atoms with E-state index in [1.165, 1.54) is 0 Å². The summed E-state index contributed by atoms with van der Waals surface area (Å²) < 4.78 is 6.58. The van der Waals surface area contributed by atoms with Gasteiger partial charge in [0.1, 0.15) is 5.75 Å². The van der Waals surface area contributed by atoms with Gasteiger partial charge in [-0.1, -0.05) is 47.5 Å². The van der Waals surface area contributed by atoms with Gasteiger partial charge in [-0.25, -0.2) is 0 Å². The molecule has 0 saturated carbocycles. The molecule has 0 radical (unpaired) electrons. The Morgan fingerprint density at radius 3 is 2.38 bits per heavy atom. The lowest BCUT2D eigenvalue weighted by atomic mass is 10.1. The number of para-hydroxylation sites is 1. The van der Waals surface area contributed by atoms with Gasteiger partial charge in [0, 0.05) is 10.2 Å². The summed E-state index contributed by atoms with van der Waals surface area (Å²) >= 11 is 3.42. The van der Waals surface area contributed by atoms with Crippen LogP contribution in [0.1, 0.15) is 51.6 Å². The molecule has 0 aromatic heterocycles. The maximum atomic E-state index is 13.1. The molecular weight excluding hydrogens is 468 g/mol. The average molecular weight is 495 g/mol. The predicted octanol–water partition coefficient (Wildman–Crippen LogP) is 6.75. The lowest BCUT2D eigenvalue weighted by Crippen LogP contribution is -2.19. The summed E-state index contributed by atoms with van der Waals surface area (Å²) in [6, 6.07) is 18.0. The van der Waals surface area contributed by atoms with Gasteiger partial charge in [0.25, 0.3) is 11.8 Å². The van der Waals surface area contributed by atoms with E-state index in [1.807, 2.05) is 38.1 Å². The molecule has 5 nitrogen and oxygen atoms in total. The van der Waals surface area contributed by atoms with Gasteiger partial charge >= 0.3 is 0 Å². The number of benzene rings is 3. The van der Waals surface area contributed by atoms with Crippen molar-refractivity contribution in [3.63, 3.8) is 0 Å². The summed E-state index contributed by atoms with van der Waals surface area (Å²) in [6.07, 6.45) is 1.90. The minimum Gasteiger partial charge on any atom is -0.493 e. The van der Waals surface area contributed by atoms with Gasteiger partial charge in [0.05, 0.1) is 23.4 Å². The van der Waals surface area contributed by atoms with Crippen LogP contribution >= 0.6 is 15.9 Å². The number of carbonyl (C=O) groups excluding carboxylic acids is 2. The number of anilines is 2. The highest BCUT2D eigenvalue weighted by Crippen LogP contribution is 2.26. The first-order valence-corrected chi connectivity index (χ1v) is 11.4. The van der Waals surface area contributed by atoms with Crippen molar-refractivity contribution in [1.29, 1.82) is 0 Å². The first kappa shape index (κ1) is 23.5. The Hall–Kier alpha value is -3.12. The molecule has 0 atom stereocenters. The van der Waals surface area contributed by atoms with E-state index in [2.05, 4.69) is 33.5 Å². The largest absolute Gasteiger partial charge is 0.493 e. The number of ether oxygens (including phenoxy) is 1. The molecule has 32 heavy (non-hydrogen) atoms. The maximum absolute atomic E-state index is 13.1. The van der Waals surface area contributed by atoms with Crippen LogP contribution in [-0.4, -0.2) is 18.4 Å². The molecule has 0 heterocycles. The molecular formula is C26H27BrN2O3. The Kier molecular flexibility index (Phi) is 8.06. The normalized spacial score (nSPS) is 10.5. The van der Waals surface area contributed by atoms with Gasteiger partial charge in [0.15, 0.2) is 0 Å². The summed E-state index contributed by atoms with van der Waals surface area (Å²) in [7, 11) is 0. The second kappa shape index (κ2) is 11.0. The van der Waals surface area contributed by atoms with E-state index in [4.69, 9.17) is 4.74 Å². The van der Waals surface area contributed by atoms with Crippen molar-refractivity contribution in [3.05, 3.63) is 87.4 Å². The number of unbranched alkanes of at least 4 members (excludes halogenated alkanes) is 1. The molecule has 2 N–H and O–H groups in total. The number of aryl methyl sites for hydroxylation is 2. The Labute approximate surface area is 197 Å². The molecule has 0 bridgehead atoms. The van der Waals surface area contributed by atoms with E-state index >= 15 is 0 Å². The number of carbonyl (C=O) groups is 2. The second-order valence-corrected chi connectivity index (χ2v) is 8.51. The SMILES string of the molecule is CCCCOc1ccc(Br)cc1C(=O)Nc1ccccc1C(=O)Nc1ccc(C)c(C)c1. The van der Waals surface area contributed by atoms with Crippen molar-refractivity contribution >= 4 is 39.1 Å². The topological polar surface area (TPSA) is 67.4 Å². The standard InChI is InChI=1S/C26H27BrN2O3/c1-4-5-14-32-24-13-11-19(27)16-22(24)26(31)29-23-9-7-6-8-21(23)25(30)28-20-12-10-17(2)18(3)15-20/h6-13,15-16H,4-5,14H2,1-3H3,(H,28,30)(H,29,31). The van der Waals surface area contributed by atoms with E-state index in [0.717, 1.165) is 28.4 Å². The van der Waals surface area contributed by atoms with Crippen LogP contribution in [0.25, 0.3) is 0 Å². The van der Waals surface area contributed by atoms with Gasteiger partial charge in [-0.05, 0) is 73.9 Å². The highest BCUT2D eigenvalue weighted by Gasteiger charge is 2.18. The second-order valence-electron chi connectivity index (χ2n) is 7.60. The summed E-state index contributed by atoms with van der Waals surface area (Å²) in [5.41, 5.74) is 4.16. The van der Waals surface area contributed by atoms with Crippen LogP contribution in [-0.2, 0) is 0 Å². The number of hydrogen-bond acceptors (Lipinski definition) is 3. The van der Waals surface area contributed by atoms with Crippen molar-refractivity contribution < 1.29 is 14.3 Å². The summed E-state index contributed by atoms with van der Waals surface area (Å²) in [5, 5.41) is 5.78. The van der Waals surface area contributed by atoms with Crippen molar-refractivity contribution in [2.45, 2.75) is 33.6 Å². The zero-order chi connectivity index (χ0) is 23.1. The molecule has 6 heteroatoms. The van der Waals surface area contributed by atoms with Crippen molar-refractivity contribution in [2.24, 2.45) is 0 Å². The molecule has 2 amide bonds. The van der Waals surface area contributed by atoms with Crippen LogP contribution in [0.3, 0.4) is 0 Å². The number of hydrogen-bond donors (Lipinski definition) is 2. The molecule has 0 aliphatic carbocycles. The molecule has 0 aliphatic heterocycles. The third kappa shape index (κ3) is 5.98. The Morgan fingerprint density at radius 1 is 0.875 bits per heavy atom. The number of halogens is 1. The first-order valence-electron chi connectivity index (χ1n) is 10.6. The number of rotatable bonds is 8. The number of amides is 2. The fraction of sp³-hybridized carbons (Fsp3) is 0.231. The molecule has 3 aromatic rings. The van der Waals surface area contributed by atoms with E-state index in [0.29, 0.717) is 34.9 Å². The van der Waals surface area contributed by atoms with Gasteiger partial charge in [-0.15, -0.1) is 0 Å². The van der Waals surface area contributed by atoms with Gasteiger partial charge < -0.3 is 15.4 Å². The monoisotopic (exact) mass is 494 g/mol. The molecule has 3 aromatic carbocycles. The van der Waals surface area contributed by atoms with Crippen LogP contribution in [0, 0.1) is 13.8 Å². The Balaban J connectivity index is 1.81. The third-order valence-electron chi connectivity index (χ3n) is 5.13. The lowest BCUT2D eigenvalue weighted by Gasteiger charge is -2.14. The van der Waals surface area contributed by atoms with E-state index < -0.39 is 0 Å². The van der Waals surface area contributed by atoms with Crippen molar-refractivity contribution in [3.8, 4) is 5.75 Å². The van der Waals surface area contributed by atoms with Crippen LogP contribution in [0.15, 0.2) is 65.1 Å². The van der Waals surface area contributed by atoms with Crippen LogP contribution in [0.2, 0.25) is 0 Å². The molecule has 0 fully saturated rings. The van der Waals surface area contributed by atoms with Crippen LogP contribution in [0.5, 0.6) is 5.75 Å². The molecule has 3 rings (SSSR count). The summed E-state index contributed by atoms with van der Waals surface area (Å²) in [6.45, 7) is 6.64. The maximum Gasteiger partial charge on any atom is 0.259 e. The first-order chi connectivity index (χ1) is 15.4. The summed E-state index contributed by atoms with van der Waals surface area (Å²) in [5.74, 6) is -0.127. The van der Waals surface area contributed by atoms with Crippen LogP contribution < -0.4 is 15.4 Å². The van der Waals surface area contributed by atoms with Crippen molar-refractivity contribution in [1.82, 2.24) is 0 Å². The zero-order valence-electron chi connectivity index (χ0n) is 18.5. The average Bonchev–Trinajstić information content (AvgIpc) is 2.77. The van der Waals surface area contributed by atoms with Gasteiger partial charge in [-0.2, -0.15) is 0 Å². The molecule has 0 aliphatic rings. The fourth-order valence-corrected chi connectivity index (χ4v) is 3.49. The minimum absolute atomic E-state index is 0.294. The minimum atomic E-state index is -0.343. The van der Waals surface area contributed by atoms with E-state index in [-0.39, 0.29) is 11.8 Å². The highest BCUT2D eigenvalue weighted by atomic mass is 79.9. The van der Waals surface area contributed by atoms with Crippen molar-refractivity contribution in [2.75, 3.05) is 17.2 Å². The zero-order valence-corrected chi connectivity index (χ0v) is 20.1. The fourth-order valence-electron chi connectivity index (χ4n) is 3.13. The van der Waals surface area contributed by atoms with Gasteiger partial charge in [-0.3, -0.25) is 9.59 Å². The highest BCUT2D eigenvalue weighted by molar-refractivity contribution is 9.10. The summed E-state index contributed by atoms with van der Waals surface area (Å²) in [4.78, 5) is 26.0. The quantitative estimate of drug-likeness (QED) is 0.340. The van der Waals surface area contributed by atoms with Gasteiger partial charge in [0.2, 0.25) is 0 Å². The lowest BCUT2D eigenvalue weighted by molar-refractivity contribution is 0.102. The Morgan fingerprint density at radius 2 is 1.62 bits per heavy atom. The van der Waals surface area contributed by atoms with Crippen LogP contribution in [0.4, 0.5) is 11.4 Å². The third-order valence-corrected chi connectivity index (χ3v) is 5.62. The van der Waals surface area contributed by atoms with E-state index in [9.17, 15) is 9.59 Å². The number of nitrogens with one attached hydrogen (secondary N) is 2. The molecule has 0 saturated heterocycles. The predicted molar refractivity (Wildman–Crippen MR) is 133 cm³/mol. The smallest absolute Gasteiger partial charge is 0.259 e.